The Bertz CT molecular complexity index is 850. The van der Waals surface area contributed by atoms with Crippen molar-refractivity contribution in [3.63, 3.8) is 0 Å². The smallest absolute Gasteiger partial charge is 0.233 e. The highest BCUT2D eigenvalue weighted by atomic mass is 32.2. The highest BCUT2D eigenvalue weighted by Crippen LogP contribution is 2.43. The summed E-state index contributed by atoms with van der Waals surface area (Å²) >= 11 is 1.75. The molecule has 0 radical (unpaired) electrons. The van der Waals surface area contributed by atoms with E-state index in [1.807, 2.05) is 12.4 Å². The normalized spacial score (nSPS) is 21.0. The number of aromatic nitrogens is 1. The van der Waals surface area contributed by atoms with Crippen molar-refractivity contribution in [1.82, 2.24) is 9.88 Å². The third-order valence-corrected chi connectivity index (χ3v) is 7.57. The first-order valence-corrected chi connectivity index (χ1v) is 11.9. The second-order valence-electron chi connectivity index (χ2n) is 9.50. The fourth-order valence-corrected chi connectivity index (χ4v) is 5.79. The summed E-state index contributed by atoms with van der Waals surface area (Å²) in [6.07, 6.45) is 10.3. The van der Waals surface area contributed by atoms with Crippen molar-refractivity contribution < 1.29 is 4.79 Å². The minimum absolute atomic E-state index is 0.0791. The van der Waals surface area contributed by atoms with Gasteiger partial charge in [-0.2, -0.15) is 0 Å². The molecule has 4 heteroatoms. The van der Waals surface area contributed by atoms with E-state index in [2.05, 4.69) is 61.0 Å². The van der Waals surface area contributed by atoms with E-state index in [0.29, 0.717) is 11.7 Å². The number of nitrogens with zero attached hydrogens (tertiary/aromatic N) is 2. The van der Waals surface area contributed by atoms with Crippen molar-refractivity contribution in [3.8, 4) is 11.1 Å². The van der Waals surface area contributed by atoms with Crippen LogP contribution in [0.1, 0.15) is 69.4 Å². The Kier molecular flexibility index (Phi) is 6.00. The lowest BCUT2D eigenvalue weighted by Crippen LogP contribution is -2.34. The first-order valence-electron chi connectivity index (χ1n) is 10.9. The number of carbonyl (C=O) groups is 1. The van der Waals surface area contributed by atoms with Gasteiger partial charge in [0.05, 0.1) is 5.75 Å². The number of carbonyl (C=O) groups excluding carboxylic acids is 1. The second kappa shape index (κ2) is 8.51. The Balaban J connectivity index is 1.62. The molecule has 0 spiro atoms. The van der Waals surface area contributed by atoms with Gasteiger partial charge in [0.25, 0.3) is 0 Å². The largest absolute Gasteiger partial charge is 0.325 e. The minimum atomic E-state index is 0.0791. The molecule has 2 aromatic rings. The fourth-order valence-electron chi connectivity index (χ4n) is 4.57. The molecule has 0 bridgehead atoms. The van der Waals surface area contributed by atoms with Crippen molar-refractivity contribution in [2.45, 2.75) is 63.7 Å². The van der Waals surface area contributed by atoms with Crippen LogP contribution in [0.15, 0.2) is 42.7 Å². The Labute approximate surface area is 179 Å². The van der Waals surface area contributed by atoms with Crippen LogP contribution >= 0.6 is 11.8 Å². The molecule has 0 N–H and O–H groups in total. The quantitative estimate of drug-likeness (QED) is 0.604. The average molecular weight is 409 g/mol. The van der Waals surface area contributed by atoms with Crippen molar-refractivity contribution in [1.29, 1.82) is 0 Å². The fraction of sp³-hybridized carbons (Fsp3) is 0.520. The molecule has 1 unspecified atom stereocenters. The molecule has 1 aromatic heterocycles. The van der Waals surface area contributed by atoms with Gasteiger partial charge in [0.2, 0.25) is 5.91 Å². The molecule has 1 amide bonds. The van der Waals surface area contributed by atoms with E-state index in [1.54, 1.807) is 11.8 Å². The topological polar surface area (TPSA) is 33.2 Å². The molecule has 4 rings (SSSR count). The summed E-state index contributed by atoms with van der Waals surface area (Å²) in [5, 5.41) is 0.0791. The molecule has 1 aliphatic carbocycles. The first-order chi connectivity index (χ1) is 13.9. The highest BCUT2D eigenvalue weighted by molar-refractivity contribution is 8.00. The van der Waals surface area contributed by atoms with Crippen LogP contribution < -0.4 is 0 Å². The van der Waals surface area contributed by atoms with E-state index < -0.39 is 0 Å². The maximum atomic E-state index is 12.7. The summed E-state index contributed by atoms with van der Waals surface area (Å²) in [5.74, 6) is 1.51. The van der Waals surface area contributed by atoms with Gasteiger partial charge in [0.1, 0.15) is 5.37 Å². The maximum Gasteiger partial charge on any atom is 0.233 e. The zero-order valence-corrected chi connectivity index (χ0v) is 18.7. The number of benzene rings is 1. The van der Waals surface area contributed by atoms with Gasteiger partial charge in [-0.3, -0.25) is 9.78 Å². The predicted molar refractivity (Wildman–Crippen MR) is 122 cm³/mol. The Morgan fingerprint density at radius 2 is 1.79 bits per heavy atom. The molecule has 1 saturated heterocycles. The van der Waals surface area contributed by atoms with E-state index in [4.69, 9.17) is 0 Å². The summed E-state index contributed by atoms with van der Waals surface area (Å²) in [4.78, 5) is 19.3. The zero-order chi connectivity index (χ0) is 20.4. The third kappa shape index (κ3) is 4.53. The maximum absolute atomic E-state index is 12.7. The molecule has 2 aliphatic rings. The Morgan fingerprint density at radius 1 is 1.07 bits per heavy atom. The van der Waals surface area contributed by atoms with Crippen LogP contribution in [0.4, 0.5) is 0 Å². The number of pyridine rings is 1. The van der Waals surface area contributed by atoms with E-state index in [0.717, 1.165) is 6.54 Å². The number of thioether (sulfide) groups is 1. The number of hydrogen-bond acceptors (Lipinski definition) is 3. The summed E-state index contributed by atoms with van der Waals surface area (Å²) in [6.45, 7) is 7.62. The Morgan fingerprint density at radius 3 is 2.48 bits per heavy atom. The van der Waals surface area contributed by atoms with Gasteiger partial charge in [-0.05, 0) is 46.9 Å². The Hall–Kier alpha value is -1.81. The molecule has 1 aliphatic heterocycles. The van der Waals surface area contributed by atoms with Gasteiger partial charge in [-0.15, -0.1) is 11.8 Å². The van der Waals surface area contributed by atoms with Crippen LogP contribution in [-0.2, 0) is 10.2 Å². The van der Waals surface area contributed by atoms with Gasteiger partial charge in [-0.25, -0.2) is 0 Å². The standard InChI is InChI=1S/C25H32N2OS/c1-25(2,3)20-11-9-19(10-12-20)21-13-14-26-15-22(21)24-27(23(28)17-29-24)16-18-7-5-4-6-8-18/h9-15,18,24H,4-8,16-17H2,1-3H3. The van der Waals surface area contributed by atoms with Crippen LogP contribution in [0, 0.1) is 5.92 Å². The van der Waals surface area contributed by atoms with Crippen LogP contribution in [-0.4, -0.2) is 28.1 Å². The lowest BCUT2D eigenvalue weighted by atomic mass is 9.86. The molecule has 1 atom stereocenters. The average Bonchev–Trinajstić information content (AvgIpc) is 3.08. The van der Waals surface area contributed by atoms with Crippen LogP contribution in [0.5, 0.6) is 0 Å². The van der Waals surface area contributed by atoms with Gasteiger partial charge in [0.15, 0.2) is 0 Å². The van der Waals surface area contributed by atoms with Gasteiger partial charge < -0.3 is 4.90 Å². The molecule has 154 valence electrons. The summed E-state index contributed by atoms with van der Waals surface area (Å²) in [5.41, 5.74) is 5.04. The van der Waals surface area contributed by atoms with E-state index >= 15 is 0 Å². The third-order valence-electron chi connectivity index (χ3n) is 6.33. The van der Waals surface area contributed by atoms with Crippen molar-refractivity contribution in [3.05, 3.63) is 53.9 Å². The first kappa shape index (κ1) is 20.5. The molecule has 2 fully saturated rings. The van der Waals surface area contributed by atoms with Gasteiger partial charge in [0, 0.05) is 24.5 Å². The molecule has 2 heterocycles. The molecular weight excluding hydrogens is 376 g/mol. The predicted octanol–water partition coefficient (Wildman–Crippen LogP) is 6.20. The minimum Gasteiger partial charge on any atom is -0.325 e. The van der Waals surface area contributed by atoms with E-state index in [-0.39, 0.29) is 16.7 Å². The van der Waals surface area contributed by atoms with Crippen molar-refractivity contribution in [2.24, 2.45) is 5.92 Å². The SMILES string of the molecule is CC(C)(C)c1ccc(-c2ccncc2C2SCC(=O)N2CC2CCCCC2)cc1. The monoisotopic (exact) mass is 408 g/mol. The molecule has 1 aromatic carbocycles. The lowest BCUT2D eigenvalue weighted by Gasteiger charge is -2.31. The zero-order valence-electron chi connectivity index (χ0n) is 17.9. The van der Waals surface area contributed by atoms with E-state index in [1.165, 1.54) is 54.4 Å². The number of amides is 1. The summed E-state index contributed by atoms with van der Waals surface area (Å²) < 4.78 is 0. The number of rotatable bonds is 4. The summed E-state index contributed by atoms with van der Waals surface area (Å²) in [7, 11) is 0. The molecule has 29 heavy (non-hydrogen) atoms. The van der Waals surface area contributed by atoms with Gasteiger partial charge in [-0.1, -0.05) is 64.3 Å². The van der Waals surface area contributed by atoms with Crippen molar-refractivity contribution >= 4 is 17.7 Å². The molecular formula is C25H32N2OS. The van der Waals surface area contributed by atoms with Crippen LogP contribution in [0.2, 0.25) is 0 Å². The van der Waals surface area contributed by atoms with Gasteiger partial charge >= 0.3 is 0 Å². The van der Waals surface area contributed by atoms with Crippen molar-refractivity contribution in [2.75, 3.05) is 12.3 Å². The second-order valence-corrected chi connectivity index (χ2v) is 10.6. The lowest BCUT2D eigenvalue weighted by molar-refractivity contribution is -0.128. The molecule has 1 saturated carbocycles. The van der Waals surface area contributed by atoms with E-state index in [9.17, 15) is 4.79 Å². The molecule has 3 nitrogen and oxygen atoms in total. The van der Waals surface area contributed by atoms with Crippen LogP contribution in [0.3, 0.4) is 0 Å². The highest BCUT2D eigenvalue weighted by Gasteiger charge is 2.36. The number of hydrogen-bond donors (Lipinski definition) is 0. The summed E-state index contributed by atoms with van der Waals surface area (Å²) in [6, 6.07) is 11.0. The van der Waals surface area contributed by atoms with Crippen LogP contribution in [0.25, 0.3) is 11.1 Å².